The molecule has 2 N–H and O–H groups in total. The Morgan fingerprint density at radius 2 is 1.72 bits per heavy atom. The van der Waals surface area contributed by atoms with Gasteiger partial charge in [0.15, 0.2) is 17.4 Å². The van der Waals surface area contributed by atoms with Crippen LogP contribution in [0.5, 0.6) is 5.75 Å². The number of amides is 3. The third kappa shape index (κ3) is 7.44. The Morgan fingerprint density at radius 1 is 1.04 bits per heavy atom. The number of imidazole rings is 1. The molecule has 3 aliphatic rings. The lowest BCUT2D eigenvalue weighted by Gasteiger charge is -2.45. The van der Waals surface area contributed by atoms with Crippen molar-refractivity contribution in [1.82, 2.24) is 24.7 Å². The number of carbonyl (C=O) groups excluding carboxylic acids is 3. The zero-order valence-corrected chi connectivity index (χ0v) is 28.5. The number of piperidine rings is 1. The van der Waals surface area contributed by atoms with Crippen molar-refractivity contribution >= 4 is 35.0 Å². The van der Waals surface area contributed by atoms with E-state index in [-0.39, 0.29) is 51.1 Å². The Morgan fingerprint density at radius 3 is 2.34 bits per heavy atom. The fraction of sp³-hybridized carbons (Fsp3) is 0.471. The molecule has 268 valence electrons. The number of hydrogen-bond donors (Lipinski definition) is 2. The monoisotopic (exact) mass is 720 g/mol. The van der Waals surface area contributed by atoms with E-state index in [0.29, 0.717) is 26.2 Å². The second-order valence-corrected chi connectivity index (χ2v) is 13.9. The number of halogens is 5. The molecular formula is C34H39ClF4N7O4+. The molecule has 3 fully saturated rings. The molecule has 16 heteroatoms. The van der Waals surface area contributed by atoms with Crippen molar-refractivity contribution < 1.29 is 41.2 Å². The fourth-order valence-electron chi connectivity index (χ4n) is 7.02. The lowest BCUT2D eigenvalue weighted by Crippen LogP contribution is -2.59. The number of rotatable bonds is 9. The summed E-state index contributed by atoms with van der Waals surface area (Å²) >= 11 is 6.49. The van der Waals surface area contributed by atoms with Gasteiger partial charge in [0, 0.05) is 82.2 Å². The summed E-state index contributed by atoms with van der Waals surface area (Å²) in [4.78, 5) is 47.3. The topological polar surface area (TPSA) is 109 Å². The first kappa shape index (κ1) is 35.6. The third-order valence-electron chi connectivity index (χ3n) is 10.0. The van der Waals surface area contributed by atoms with Crippen LogP contribution in [0.2, 0.25) is 5.02 Å². The van der Waals surface area contributed by atoms with Crippen LogP contribution in [0.4, 0.5) is 23.2 Å². The van der Waals surface area contributed by atoms with Crippen molar-refractivity contribution in [3.05, 3.63) is 64.6 Å². The summed E-state index contributed by atoms with van der Waals surface area (Å²) < 4.78 is 60.2. The zero-order chi connectivity index (χ0) is 35.7. The minimum absolute atomic E-state index is 0.00840. The smallest absolute Gasteiger partial charge is 0.387 e. The molecule has 11 nitrogen and oxygen atoms in total. The van der Waals surface area contributed by atoms with E-state index in [1.807, 2.05) is 4.90 Å². The van der Waals surface area contributed by atoms with E-state index in [9.17, 15) is 31.9 Å². The van der Waals surface area contributed by atoms with Crippen molar-refractivity contribution in [2.75, 3.05) is 71.3 Å². The maximum atomic E-state index is 14.7. The third-order valence-corrected chi connectivity index (χ3v) is 10.3. The Balaban J connectivity index is 1.03. The van der Waals surface area contributed by atoms with E-state index in [2.05, 4.69) is 27.4 Å². The maximum absolute atomic E-state index is 14.7. The van der Waals surface area contributed by atoms with Gasteiger partial charge in [-0.05, 0) is 30.3 Å². The normalized spacial score (nSPS) is 21.2. The molecule has 1 aromatic heterocycles. The van der Waals surface area contributed by atoms with Crippen molar-refractivity contribution in [3.8, 4) is 17.0 Å². The summed E-state index contributed by atoms with van der Waals surface area (Å²) in [6.07, 6.45) is 2.89. The van der Waals surface area contributed by atoms with Crippen LogP contribution in [0.1, 0.15) is 33.8 Å². The van der Waals surface area contributed by atoms with Gasteiger partial charge in [0.2, 0.25) is 11.7 Å². The molecule has 0 unspecified atom stereocenters. The van der Waals surface area contributed by atoms with Gasteiger partial charge in [0.05, 0.1) is 49.2 Å². The van der Waals surface area contributed by atoms with Gasteiger partial charge in [-0.2, -0.15) is 13.2 Å². The van der Waals surface area contributed by atoms with Gasteiger partial charge in [-0.25, -0.2) is 9.37 Å². The number of hydrogen-bond acceptors (Lipinski definition) is 6. The van der Waals surface area contributed by atoms with Crippen LogP contribution in [0.25, 0.3) is 11.3 Å². The molecular weight excluding hydrogens is 682 g/mol. The van der Waals surface area contributed by atoms with Crippen LogP contribution < -0.4 is 15.4 Å². The predicted molar refractivity (Wildman–Crippen MR) is 177 cm³/mol. The lowest BCUT2D eigenvalue weighted by atomic mass is 9.91. The molecule has 4 heterocycles. The Labute approximate surface area is 291 Å². The van der Waals surface area contributed by atoms with Crippen molar-refractivity contribution in [1.29, 1.82) is 0 Å². The molecule has 3 amide bonds. The number of piperazine rings is 1. The second-order valence-electron chi connectivity index (χ2n) is 13.5. The average molecular weight is 721 g/mol. The van der Waals surface area contributed by atoms with Crippen molar-refractivity contribution in [2.45, 2.75) is 19.5 Å². The van der Waals surface area contributed by atoms with Crippen LogP contribution in [0.15, 0.2) is 36.5 Å². The molecule has 50 heavy (non-hydrogen) atoms. The van der Waals surface area contributed by atoms with E-state index < -0.39 is 29.9 Å². The van der Waals surface area contributed by atoms with Gasteiger partial charge in [0.25, 0.3) is 11.8 Å². The minimum Gasteiger partial charge on any atom is -0.432 e. The Bertz CT molecular complexity index is 1770. The molecule has 3 saturated heterocycles. The highest BCUT2D eigenvalue weighted by Gasteiger charge is 2.38. The summed E-state index contributed by atoms with van der Waals surface area (Å²) in [5.41, 5.74) is 0.192. The summed E-state index contributed by atoms with van der Waals surface area (Å²) in [5.74, 6) is -4.24. The number of anilines is 1. The second kappa shape index (κ2) is 14.6. The van der Waals surface area contributed by atoms with Crippen LogP contribution in [0, 0.1) is 23.5 Å². The minimum atomic E-state index is -3.34. The highest BCUT2D eigenvalue weighted by Crippen LogP contribution is 2.32. The van der Waals surface area contributed by atoms with E-state index in [4.69, 9.17) is 11.6 Å². The maximum Gasteiger partial charge on any atom is 0.387 e. The molecule has 3 aliphatic heterocycles. The molecule has 0 spiro atoms. The van der Waals surface area contributed by atoms with E-state index >= 15 is 0 Å². The molecule has 0 radical (unpaired) electrons. The van der Waals surface area contributed by atoms with Gasteiger partial charge in [-0.15, -0.1) is 0 Å². The highest BCUT2D eigenvalue weighted by atomic mass is 35.5. The molecule has 0 saturated carbocycles. The molecule has 0 bridgehead atoms. The standard InChI is InChI=1S/C34H38ClF4N7O4/c1-43-26(24-5-6-27(50-34(38)39)29(37)28(24)36)18-41-30(43)31(47)42-22-3-4-23(25(35)15-22)33(49)45-11-9-44(10-12-45)32(48)21-7-13-46(2,14-8-21)19-20-16-40-17-20/h3-6,15,18,20-21,34,40H,7-14,16-17,19H2,1-2H3/p+1. The zero-order valence-electron chi connectivity index (χ0n) is 27.7. The predicted octanol–water partition coefficient (Wildman–Crippen LogP) is 4.23. The lowest BCUT2D eigenvalue weighted by molar-refractivity contribution is -0.918. The number of nitrogens with one attached hydrogen (secondary N) is 2. The fourth-order valence-corrected chi connectivity index (χ4v) is 7.28. The van der Waals surface area contributed by atoms with E-state index in [1.54, 1.807) is 4.90 Å². The molecule has 0 aliphatic carbocycles. The molecule has 3 aromatic rings. The number of ether oxygens (including phenoxy) is 1. The van der Waals surface area contributed by atoms with Gasteiger partial charge in [-0.3, -0.25) is 14.4 Å². The summed E-state index contributed by atoms with van der Waals surface area (Å²) in [5, 5.41) is 6.07. The summed E-state index contributed by atoms with van der Waals surface area (Å²) in [7, 11) is 3.69. The van der Waals surface area contributed by atoms with E-state index in [0.717, 1.165) is 74.3 Å². The SMILES string of the molecule is Cn1c(-c2ccc(OC(F)F)c(F)c2F)cnc1C(=O)Nc1ccc(C(=O)N2CCN(C(=O)C3CC[N+](C)(CC4CNC4)CC3)CC2)c(Cl)c1. The quantitative estimate of drug-likeness (QED) is 0.253. The van der Waals surface area contributed by atoms with Crippen LogP contribution in [-0.2, 0) is 11.8 Å². The Hall–Kier alpha value is -4.21. The van der Waals surface area contributed by atoms with Crippen molar-refractivity contribution in [2.24, 2.45) is 18.9 Å². The number of likely N-dealkylation sites (tertiary alicyclic amines) is 1. The Kier molecular flexibility index (Phi) is 10.4. The van der Waals surface area contributed by atoms with Crippen LogP contribution >= 0.6 is 11.6 Å². The largest absolute Gasteiger partial charge is 0.432 e. The van der Waals surface area contributed by atoms with Gasteiger partial charge >= 0.3 is 6.61 Å². The van der Waals surface area contributed by atoms with Gasteiger partial charge in [0.1, 0.15) is 0 Å². The number of carbonyl (C=O) groups is 3. The summed E-state index contributed by atoms with van der Waals surface area (Å²) in [6.45, 7) is 3.64. The molecule has 6 rings (SSSR count). The van der Waals surface area contributed by atoms with Crippen molar-refractivity contribution in [3.63, 3.8) is 0 Å². The van der Waals surface area contributed by atoms with E-state index in [1.165, 1.54) is 29.8 Å². The first-order valence-electron chi connectivity index (χ1n) is 16.5. The average Bonchev–Trinajstić information content (AvgIpc) is 3.45. The van der Waals surface area contributed by atoms with Crippen LogP contribution in [-0.4, -0.2) is 114 Å². The number of alkyl halides is 2. The number of benzene rings is 2. The molecule has 0 atom stereocenters. The highest BCUT2D eigenvalue weighted by molar-refractivity contribution is 6.34. The number of quaternary nitrogens is 1. The molecule has 2 aromatic carbocycles. The first-order chi connectivity index (χ1) is 23.8. The number of nitrogens with zero attached hydrogens (tertiary/aromatic N) is 5. The van der Waals surface area contributed by atoms with Gasteiger partial charge < -0.3 is 34.2 Å². The van der Waals surface area contributed by atoms with Gasteiger partial charge in [-0.1, -0.05) is 11.6 Å². The van der Waals surface area contributed by atoms with Crippen LogP contribution in [0.3, 0.4) is 0 Å². The summed E-state index contributed by atoms with van der Waals surface area (Å²) in [6, 6.07) is 6.33. The number of aromatic nitrogens is 2. The first-order valence-corrected chi connectivity index (χ1v) is 16.9.